The number of hydrogen-bond donors (Lipinski definition) is 0. The highest BCUT2D eigenvalue weighted by Crippen LogP contribution is 2.16. The van der Waals surface area contributed by atoms with E-state index < -0.39 is 0 Å². The molecule has 0 spiro atoms. The van der Waals surface area contributed by atoms with Gasteiger partial charge in [0, 0.05) is 6.04 Å². The lowest BCUT2D eigenvalue weighted by Gasteiger charge is -2.38. The van der Waals surface area contributed by atoms with Crippen molar-refractivity contribution in [1.29, 1.82) is 0 Å². The molecule has 0 aliphatic carbocycles. The Morgan fingerprint density at radius 1 is 1.00 bits per heavy atom. The molecule has 1 heteroatoms. The standard InChI is InChI=1S/C8H17N.C2H6/c1-7(2)8(3)9-5-4-6-9;1-2/h7-8H,4-6H2,1-3H3;1-2H3. The van der Waals surface area contributed by atoms with Crippen molar-refractivity contribution in [3.05, 3.63) is 0 Å². The smallest absolute Gasteiger partial charge is 0.00899 e. The van der Waals surface area contributed by atoms with Gasteiger partial charge in [-0.1, -0.05) is 27.7 Å². The molecular formula is C10H23N. The van der Waals surface area contributed by atoms with Crippen LogP contribution in [0.4, 0.5) is 0 Å². The van der Waals surface area contributed by atoms with Gasteiger partial charge in [-0.25, -0.2) is 0 Å². The lowest BCUT2D eigenvalue weighted by atomic mass is 10.0. The first kappa shape index (κ1) is 11.0. The second-order valence-electron chi connectivity index (χ2n) is 3.37. The monoisotopic (exact) mass is 157 g/mol. The first-order valence-electron chi connectivity index (χ1n) is 4.96. The maximum absolute atomic E-state index is 2.55. The zero-order chi connectivity index (χ0) is 8.85. The second-order valence-corrected chi connectivity index (χ2v) is 3.37. The highest BCUT2D eigenvalue weighted by molar-refractivity contribution is 4.76. The first-order chi connectivity index (χ1) is 5.22. The molecule has 1 rings (SSSR count). The largest absolute Gasteiger partial charge is 0.300 e. The topological polar surface area (TPSA) is 3.24 Å². The summed E-state index contributed by atoms with van der Waals surface area (Å²) in [6.07, 6.45) is 1.41. The van der Waals surface area contributed by atoms with E-state index >= 15 is 0 Å². The SMILES string of the molecule is CC.CC(C)C(C)N1CCC1. The van der Waals surface area contributed by atoms with E-state index in [1.165, 1.54) is 19.5 Å². The van der Waals surface area contributed by atoms with Crippen molar-refractivity contribution in [2.75, 3.05) is 13.1 Å². The van der Waals surface area contributed by atoms with Crippen molar-refractivity contribution in [2.24, 2.45) is 5.92 Å². The third-order valence-electron chi connectivity index (χ3n) is 2.43. The van der Waals surface area contributed by atoms with Crippen LogP contribution in [0.2, 0.25) is 0 Å². The molecule has 1 atom stereocenters. The van der Waals surface area contributed by atoms with E-state index in [0.717, 1.165) is 12.0 Å². The molecule has 1 saturated heterocycles. The fraction of sp³-hybridized carbons (Fsp3) is 1.00. The average Bonchev–Trinajstić information content (AvgIpc) is 1.88. The summed E-state index contributed by atoms with van der Waals surface area (Å²) in [6, 6.07) is 0.804. The molecule has 1 fully saturated rings. The minimum atomic E-state index is 0.804. The van der Waals surface area contributed by atoms with Gasteiger partial charge in [0.05, 0.1) is 0 Å². The van der Waals surface area contributed by atoms with Crippen LogP contribution < -0.4 is 0 Å². The molecule has 1 aliphatic heterocycles. The van der Waals surface area contributed by atoms with Crippen LogP contribution in [0.1, 0.15) is 41.0 Å². The number of nitrogens with zero attached hydrogens (tertiary/aromatic N) is 1. The Bertz CT molecular complexity index is 84.9. The summed E-state index contributed by atoms with van der Waals surface area (Å²) in [4.78, 5) is 2.55. The first-order valence-corrected chi connectivity index (χ1v) is 4.96. The van der Waals surface area contributed by atoms with E-state index in [9.17, 15) is 0 Å². The molecule has 1 nitrogen and oxygen atoms in total. The maximum Gasteiger partial charge on any atom is 0.00899 e. The molecule has 0 aromatic rings. The van der Waals surface area contributed by atoms with Crippen LogP contribution in [0.25, 0.3) is 0 Å². The lowest BCUT2D eigenvalue weighted by molar-refractivity contribution is 0.0992. The van der Waals surface area contributed by atoms with Gasteiger partial charge >= 0.3 is 0 Å². The van der Waals surface area contributed by atoms with Crippen LogP contribution in [0.15, 0.2) is 0 Å². The van der Waals surface area contributed by atoms with Crippen molar-refractivity contribution in [1.82, 2.24) is 4.90 Å². The summed E-state index contributed by atoms with van der Waals surface area (Å²) in [5.74, 6) is 0.824. The van der Waals surface area contributed by atoms with E-state index in [1.54, 1.807) is 0 Å². The number of hydrogen-bond acceptors (Lipinski definition) is 1. The third kappa shape index (κ3) is 3.24. The van der Waals surface area contributed by atoms with E-state index in [1.807, 2.05) is 13.8 Å². The van der Waals surface area contributed by atoms with Crippen LogP contribution in [0, 0.1) is 5.92 Å². The normalized spacial score (nSPS) is 20.2. The highest BCUT2D eigenvalue weighted by Gasteiger charge is 2.21. The van der Waals surface area contributed by atoms with Crippen LogP contribution in [-0.2, 0) is 0 Å². The van der Waals surface area contributed by atoms with Gasteiger partial charge in [-0.3, -0.25) is 0 Å². The van der Waals surface area contributed by atoms with Gasteiger partial charge in [-0.2, -0.15) is 0 Å². The van der Waals surface area contributed by atoms with Crippen LogP contribution in [-0.4, -0.2) is 24.0 Å². The summed E-state index contributed by atoms with van der Waals surface area (Å²) in [5, 5.41) is 0. The number of likely N-dealkylation sites (tertiary alicyclic amines) is 1. The molecule has 0 N–H and O–H groups in total. The molecular weight excluding hydrogens is 134 g/mol. The van der Waals surface area contributed by atoms with Crippen LogP contribution in [0.3, 0.4) is 0 Å². The summed E-state index contributed by atoms with van der Waals surface area (Å²) in [5.41, 5.74) is 0. The van der Waals surface area contributed by atoms with Gasteiger partial charge in [-0.05, 0) is 32.4 Å². The van der Waals surface area contributed by atoms with Gasteiger partial charge in [0.15, 0.2) is 0 Å². The Hall–Kier alpha value is -0.0400. The average molecular weight is 157 g/mol. The Balaban J connectivity index is 0.000000461. The molecule has 0 radical (unpaired) electrons. The highest BCUT2D eigenvalue weighted by atomic mass is 15.2. The van der Waals surface area contributed by atoms with E-state index in [4.69, 9.17) is 0 Å². The van der Waals surface area contributed by atoms with Gasteiger partial charge in [0.2, 0.25) is 0 Å². The summed E-state index contributed by atoms with van der Waals surface area (Å²) in [7, 11) is 0. The lowest BCUT2D eigenvalue weighted by Crippen LogP contribution is -2.45. The number of rotatable bonds is 2. The zero-order valence-corrected chi connectivity index (χ0v) is 8.72. The zero-order valence-electron chi connectivity index (χ0n) is 8.72. The Labute approximate surface area is 71.8 Å². The molecule has 1 heterocycles. The Morgan fingerprint density at radius 2 is 1.45 bits per heavy atom. The quantitative estimate of drug-likeness (QED) is 0.596. The Kier molecular flexibility index (Phi) is 5.57. The fourth-order valence-corrected chi connectivity index (χ4v) is 1.17. The van der Waals surface area contributed by atoms with E-state index in [2.05, 4.69) is 25.7 Å². The predicted molar refractivity (Wildman–Crippen MR) is 51.8 cm³/mol. The minimum absolute atomic E-state index is 0.804. The summed E-state index contributed by atoms with van der Waals surface area (Å²) in [6.45, 7) is 13.6. The summed E-state index contributed by atoms with van der Waals surface area (Å²) >= 11 is 0. The van der Waals surface area contributed by atoms with E-state index in [0.29, 0.717) is 0 Å². The predicted octanol–water partition coefficient (Wildman–Crippen LogP) is 2.76. The molecule has 11 heavy (non-hydrogen) atoms. The van der Waals surface area contributed by atoms with Gasteiger partial charge < -0.3 is 4.90 Å². The van der Waals surface area contributed by atoms with Gasteiger partial charge in [0.1, 0.15) is 0 Å². The van der Waals surface area contributed by atoms with Crippen LogP contribution >= 0.6 is 0 Å². The van der Waals surface area contributed by atoms with Crippen LogP contribution in [0.5, 0.6) is 0 Å². The van der Waals surface area contributed by atoms with Gasteiger partial charge in [-0.15, -0.1) is 0 Å². The fourth-order valence-electron chi connectivity index (χ4n) is 1.17. The van der Waals surface area contributed by atoms with Crippen molar-refractivity contribution in [3.8, 4) is 0 Å². The molecule has 1 unspecified atom stereocenters. The summed E-state index contributed by atoms with van der Waals surface area (Å²) < 4.78 is 0. The minimum Gasteiger partial charge on any atom is -0.300 e. The Morgan fingerprint density at radius 3 is 1.55 bits per heavy atom. The molecule has 0 saturated carbocycles. The molecule has 0 amide bonds. The second kappa shape index (κ2) is 5.59. The molecule has 0 bridgehead atoms. The molecule has 1 aliphatic rings. The third-order valence-corrected chi connectivity index (χ3v) is 2.43. The molecule has 68 valence electrons. The van der Waals surface area contributed by atoms with Crippen molar-refractivity contribution in [3.63, 3.8) is 0 Å². The van der Waals surface area contributed by atoms with Crippen molar-refractivity contribution in [2.45, 2.75) is 47.1 Å². The molecule has 0 aromatic heterocycles. The maximum atomic E-state index is 2.55. The van der Waals surface area contributed by atoms with E-state index in [-0.39, 0.29) is 0 Å². The van der Waals surface area contributed by atoms with Crippen molar-refractivity contribution < 1.29 is 0 Å². The molecule has 0 aromatic carbocycles. The van der Waals surface area contributed by atoms with Crippen molar-refractivity contribution >= 4 is 0 Å². The van der Waals surface area contributed by atoms with Gasteiger partial charge in [0.25, 0.3) is 0 Å².